The fourth-order valence-electron chi connectivity index (χ4n) is 12.7. The second-order valence-corrected chi connectivity index (χ2v) is 19.9. The molecule has 0 spiro atoms. The van der Waals surface area contributed by atoms with Crippen molar-refractivity contribution in [2.45, 2.75) is 171 Å². The van der Waals surface area contributed by atoms with Gasteiger partial charge in [0.25, 0.3) is 0 Å². The monoisotopic (exact) mass is 840 g/mol. The van der Waals surface area contributed by atoms with E-state index in [0.717, 1.165) is 0 Å². The lowest BCUT2D eigenvalue weighted by Gasteiger charge is -2.66. The summed E-state index contributed by atoms with van der Waals surface area (Å²) in [5.74, 6) is -1.97. The normalized spacial score (nSPS) is 50.0. The molecule has 6 fully saturated rings. The van der Waals surface area contributed by atoms with Gasteiger partial charge in [0.1, 0.15) is 36.6 Å². The Labute approximate surface area is 336 Å². The van der Waals surface area contributed by atoms with Gasteiger partial charge in [-0.2, -0.15) is 8.42 Å². The Kier molecular flexibility index (Phi) is 13.9. The molecule has 0 aromatic rings. The number of hydrogen-bond donors (Lipinski definition) is 8. The lowest BCUT2D eigenvalue weighted by molar-refractivity contribution is -0.313. The maximum absolute atomic E-state index is 12.9. The van der Waals surface area contributed by atoms with Gasteiger partial charge >= 0.3 is 10.4 Å². The molecule has 6 aliphatic rings. The summed E-state index contributed by atoms with van der Waals surface area (Å²) >= 11 is 0. The highest BCUT2D eigenvalue weighted by Gasteiger charge is 2.72. The Hall–Kier alpha value is -0.650. The van der Waals surface area contributed by atoms with Gasteiger partial charge < -0.3 is 64.2 Å². The number of ether oxygens (including phenoxy) is 6. The molecule has 8 N–H and O–H groups in total. The third-order valence-electron chi connectivity index (χ3n) is 15.4. The van der Waals surface area contributed by atoms with E-state index >= 15 is 0 Å². The number of hydrogen-bond acceptors (Lipinski definition) is 16. The SMILES string of the molecule is CO[C@H]1[C@H](O[C@@H]2[C@@H](O[C@@H](CC[C@@H](C)[C@H]3C[C@@H](O)[C@@H]4[C@]3(C)CC[C@@H]3[C@@]5(C)CC[C@H](O)[C@H](O)[C@@H]5[C@@H](OS(=O)(=O)O)C[C@]34O)C(C)C)O[C@@H](CO)[C@@H]2O)OC[C@@H](OC)[C@@H]1O. The van der Waals surface area contributed by atoms with Crippen molar-refractivity contribution in [1.82, 2.24) is 0 Å². The molecule has 2 saturated heterocycles. The van der Waals surface area contributed by atoms with E-state index in [1.54, 1.807) is 0 Å². The molecule has 0 aromatic heterocycles. The van der Waals surface area contributed by atoms with Crippen LogP contribution in [-0.4, -0.2) is 161 Å². The van der Waals surface area contributed by atoms with Crippen molar-refractivity contribution in [2.24, 2.45) is 46.3 Å². The first kappa shape index (κ1) is 45.9. The molecule has 4 saturated carbocycles. The molecular formula is C39H68O17S. The zero-order chi connectivity index (χ0) is 42.0. The smallest absolute Gasteiger partial charge is 0.394 e. The first-order valence-electron chi connectivity index (χ1n) is 20.7. The molecule has 57 heavy (non-hydrogen) atoms. The standard InChI is InChI=1S/C39H68O17S/c1-18(2)23(53-36-33(30(44)25(16-40)54-36)55-35-32(51-7)31(45)26(50-6)17-52-35)9-8-19(3)20-14-22(42)34-37(20,4)13-11-27-38(5)12-10-21(41)29(43)28(38)24(15-39(27,34)46)56-57(47,48)49/h18-36,40-46H,8-17H2,1-7H3,(H,47,48,49)/t19-,20-,21+,22-,23+,24+,25+,26-,27-,28+,29+,30+,31+,32-,33+,34-,35+,36+,37-,38-,39+/m1/s1. The maximum atomic E-state index is 12.9. The molecule has 0 bridgehead atoms. The Balaban J connectivity index is 1.17. The molecule has 2 aliphatic heterocycles. The second kappa shape index (κ2) is 17.3. The minimum absolute atomic E-state index is 0.0117. The minimum atomic E-state index is -4.99. The predicted molar refractivity (Wildman–Crippen MR) is 199 cm³/mol. The van der Waals surface area contributed by atoms with E-state index < -0.39 is 131 Å². The molecule has 0 aromatic carbocycles. The molecule has 6 rings (SSSR count). The molecule has 18 heteroatoms. The van der Waals surface area contributed by atoms with Gasteiger partial charge in [-0.05, 0) is 79.4 Å². The number of fused-ring (bicyclic) bond motifs is 5. The number of aliphatic hydroxyl groups excluding tert-OH is 6. The van der Waals surface area contributed by atoms with Crippen LogP contribution < -0.4 is 0 Å². The highest BCUT2D eigenvalue weighted by atomic mass is 32.3. The van der Waals surface area contributed by atoms with Gasteiger partial charge in [-0.25, -0.2) is 4.18 Å². The zero-order valence-corrected chi connectivity index (χ0v) is 35.0. The maximum Gasteiger partial charge on any atom is 0.397 e. The summed E-state index contributed by atoms with van der Waals surface area (Å²) in [4.78, 5) is 0. The molecule has 2 heterocycles. The average molecular weight is 841 g/mol. The van der Waals surface area contributed by atoms with Crippen LogP contribution in [0.25, 0.3) is 0 Å². The second-order valence-electron chi connectivity index (χ2n) is 18.8. The van der Waals surface area contributed by atoms with E-state index in [0.29, 0.717) is 38.5 Å². The Morgan fingerprint density at radius 3 is 2.14 bits per heavy atom. The van der Waals surface area contributed by atoms with Crippen molar-refractivity contribution < 1.29 is 81.3 Å². The van der Waals surface area contributed by atoms with Crippen molar-refractivity contribution in [3.05, 3.63) is 0 Å². The highest BCUT2D eigenvalue weighted by Crippen LogP contribution is 2.70. The van der Waals surface area contributed by atoms with Crippen molar-refractivity contribution in [3.8, 4) is 0 Å². The first-order valence-corrected chi connectivity index (χ1v) is 22.0. The van der Waals surface area contributed by atoms with Crippen LogP contribution in [0.4, 0.5) is 0 Å². The van der Waals surface area contributed by atoms with Crippen molar-refractivity contribution in [3.63, 3.8) is 0 Å². The quantitative estimate of drug-likeness (QED) is 0.111. The summed E-state index contributed by atoms with van der Waals surface area (Å²) in [6, 6.07) is 0. The van der Waals surface area contributed by atoms with Crippen molar-refractivity contribution >= 4 is 10.4 Å². The van der Waals surface area contributed by atoms with Crippen LogP contribution in [0.2, 0.25) is 0 Å². The topological polar surface area (TPSA) is 261 Å². The van der Waals surface area contributed by atoms with Crippen molar-refractivity contribution in [1.29, 1.82) is 0 Å². The molecule has 17 nitrogen and oxygen atoms in total. The van der Waals surface area contributed by atoms with Gasteiger partial charge in [-0.1, -0.05) is 34.6 Å². The number of methoxy groups -OCH3 is 2. The highest BCUT2D eigenvalue weighted by molar-refractivity contribution is 7.80. The predicted octanol–water partition coefficient (Wildman–Crippen LogP) is 0.529. The molecule has 0 amide bonds. The van der Waals surface area contributed by atoms with Gasteiger partial charge in [-0.3, -0.25) is 4.55 Å². The van der Waals surface area contributed by atoms with Gasteiger partial charge in [-0.15, -0.1) is 0 Å². The van der Waals surface area contributed by atoms with Crippen LogP contribution in [0.1, 0.15) is 86.0 Å². The van der Waals surface area contributed by atoms with Crippen LogP contribution in [0.5, 0.6) is 0 Å². The first-order chi connectivity index (χ1) is 26.6. The summed E-state index contributed by atoms with van der Waals surface area (Å²) in [6.45, 7) is 9.64. The van der Waals surface area contributed by atoms with Gasteiger partial charge in [0.05, 0.1) is 49.3 Å². The Bertz CT molecular complexity index is 1470. The number of rotatable bonds is 14. The molecule has 332 valence electrons. The molecular weight excluding hydrogens is 772 g/mol. The van der Waals surface area contributed by atoms with E-state index in [-0.39, 0.29) is 37.2 Å². The van der Waals surface area contributed by atoms with E-state index in [1.165, 1.54) is 14.2 Å². The summed E-state index contributed by atoms with van der Waals surface area (Å²) < 4.78 is 74.5. The van der Waals surface area contributed by atoms with Gasteiger partial charge in [0.15, 0.2) is 12.6 Å². The molecule has 0 radical (unpaired) electrons. The largest absolute Gasteiger partial charge is 0.397 e. The lowest BCUT2D eigenvalue weighted by Crippen LogP contribution is -2.71. The fraction of sp³-hybridized carbons (Fsp3) is 1.00. The van der Waals surface area contributed by atoms with E-state index in [1.807, 2.05) is 20.8 Å². The van der Waals surface area contributed by atoms with Crippen LogP contribution in [0.3, 0.4) is 0 Å². The van der Waals surface area contributed by atoms with Gasteiger partial charge in [0, 0.05) is 32.5 Å². The van der Waals surface area contributed by atoms with Crippen LogP contribution in [-0.2, 0) is 43.0 Å². The Morgan fingerprint density at radius 2 is 1.53 bits per heavy atom. The van der Waals surface area contributed by atoms with Crippen LogP contribution in [0, 0.1) is 46.3 Å². The molecule has 4 aliphatic carbocycles. The summed E-state index contributed by atoms with van der Waals surface area (Å²) in [7, 11) is -2.14. The number of aliphatic hydroxyl groups is 7. The fourth-order valence-corrected chi connectivity index (χ4v) is 13.2. The molecule has 0 unspecified atom stereocenters. The summed E-state index contributed by atoms with van der Waals surface area (Å²) in [5, 5.41) is 78.5. The van der Waals surface area contributed by atoms with Gasteiger partial charge in [0.2, 0.25) is 0 Å². The summed E-state index contributed by atoms with van der Waals surface area (Å²) in [6.07, 6.45) is -9.98. The lowest BCUT2D eigenvalue weighted by atomic mass is 9.41. The average Bonchev–Trinajstić information content (AvgIpc) is 3.58. The van der Waals surface area contributed by atoms with E-state index in [4.69, 9.17) is 32.6 Å². The van der Waals surface area contributed by atoms with Crippen LogP contribution >= 0.6 is 0 Å². The Morgan fingerprint density at radius 1 is 0.842 bits per heavy atom. The van der Waals surface area contributed by atoms with E-state index in [2.05, 4.69) is 13.8 Å². The van der Waals surface area contributed by atoms with E-state index in [9.17, 15) is 48.7 Å². The van der Waals surface area contributed by atoms with Crippen molar-refractivity contribution in [2.75, 3.05) is 27.4 Å². The van der Waals surface area contributed by atoms with Crippen LogP contribution in [0.15, 0.2) is 0 Å². The minimum Gasteiger partial charge on any atom is -0.394 e. The zero-order valence-electron chi connectivity index (χ0n) is 34.2. The third kappa shape index (κ3) is 8.35. The molecule has 21 atom stereocenters. The summed E-state index contributed by atoms with van der Waals surface area (Å²) in [5.41, 5.74) is -3.00. The third-order valence-corrected chi connectivity index (χ3v) is 15.9.